The van der Waals surface area contributed by atoms with Crippen molar-refractivity contribution < 1.29 is 5.73 Å². The first-order valence-electron chi connectivity index (χ1n) is 8.83. The molecule has 1 nitrogen and oxygen atoms in total. The van der Waals surface area contributed by atoms with Gasteiger partial charge in [0.25, 0.3) is 0 Å². The van der Waals surface area contributed by atoms with Gasteiger partial charge in [-0.25, -0.2) is 0 Å². The average Bonchev–Trinajstić information content (AvgIpc) is 2.46. The summed E-state index contributed by atoms with van der Waals surface area (Å²) in [6.45, 7) is 10.7. The fourth-order valence-electron chi connectivity index (χ4n) is 5.30. The molecule has 0 heterocycles. The number of quaternary nitrogens is 1. The number of aryl methyl sites for hydroxylation is 1. The molecule has 2 aliphatic rings. The van der Waals surface area contributed by atoms with Crippen molar-refractivity contribution in [3.05, 3.63) is 34.9 Å². The van der Waals surface area contributed by atoms with Gasteiger partial charge in [-0.2, -0.15) is 0 Å². The molecule has 0 aromatic heterocycles. The summed E-state index contributed by atoms with van der Waals surface area (Å²) in [5, 5.41) is 0. The lowest BCUT2D eigenvalue weighted by Crippen LogP contribution is -2.63. The normalized spacial score (nSPS) is 35.4. The van der Waals surface area contributed by atoms with Crippen LogP contribution in [0.5, 0.6) is 0 Å². The van der Waals surface area contributed by atoms with Crippen molar-refractivity contribution in [1.82, 2.24) is 0 Å². The van der Waals surface area contributed by atoms with Gasteiger partial charge in [0.15, 0.2) is 0 Å². The molecule has 0 amide bonds. The largest absolute Gasteiger partial charge is 0.357 e. The fourth-order valence-corrected chi connectivity index (χ4v) is 5.30. The molecule has 1 heteroatoms. The zero-order valence-electron chi connectivity index (χ0n) is 14.3. The summed E-state index contributed by atoms with van der Waals surface area (Å²) < 4.78 is 0. The lowest BCUT2D eigenvalue weighted by molar-refractivity contribution is -0.399. The van der Waals surface area contributed by atoms with E-state index in [4.69, 9.17) is 0 Å². The Morgan fingerprint density at radius 2 is 2.00 bits per heavy atom. The van der Waals surface area contributed by atoms with Gasteiger partial charge in [-0.3, -0.25) is 0 Å². The fraction of sp³-hybridized carbons (Fsp3) is 0.700. The van der Waals surface area contributed by atoms with Crippen molar-refractivity contribution in [3.8, 4) is 0 Å². The van der Waals surface area contributed by atoms with E-state index >= 15 is 0 Å². The molecular formula is C20H32N+. The molecule has 116 valence electrons. The molecule has 21 heavy (non-hydrogen) atoms. The molecule has 2 aliphatic carbocycles. The highest BCUT2D eigenvalue weighted by Gasteiger charge is 2.51. The molecule has 1 aromatic carbocycles. The van der Waals surface area contributed by atoms with Gasteiger partial charge in [-0.05, 0) is 59.6 Å². The van der Waals surface area contributed by atoms with Crippen LogP contribution >= 0.6 is 0 Å². The van der Waals surface area contributed by atoms with Crippen LogP contribution in [0.25, 0.3) is 0 Å². The van der Waals surface area contributed by atoms with E-state index in [-0.39, 0.29) is 0 Å². The third-order valence-electron chi connectivity index (χ3n) is 6.74. The minimum absolute atomic E-state index is 0.383. The Hall–Kier alpha value is -0.820. The molecule has 0 saturated heterocycles. The Morgan fingerprint density at radius 3 is 2.67 bits per heavy atom. The molecule has 1 aromatic rings. The van der Waals surface area contributed by atoms with Crippen LogP contribution in [0, 0.1) is 11.3 Å². The number of hydrogen-bond donors (Lipinski definition) is 1. The van der Waals surface area contributed by atoms with Gasteiger partial charge in [-0.1, -0.05) is 52.3 Å². The molecule has 1 saturated carbocycles. The SMILES string of the molecule is CC(C)c1ccc2c(c1)CC[C@@H]1[C@@](C)(C[NH3+])CCC[C@]21C. The molecule has 1 fully saturated rings. The van der Waals surface area contributed by atoms with Crippen LogP contribution in [-0.4, -0.2) is 6.54 Å². The predicted octanol–water partition coefficient (Wildman–Crippen LogP) is 4.06. The maximum atomic E-state index is 4.30. The highest BCUT2D eigenvalue weighted by Crippen LogP contribution is 2.56. The molecule has 3 N–H and O–H groups in total. The van der Waals surface area contributed by atoms with Crippen LogP contribution in [0.15, 0.2) is 18.2 Å². The van der Waals surface area contributed by atoms with Gasteiger partial charge < -0.3 is 5.73 Å². The molecule has 0 bridgehead atoms. The summed E-state index contributed by atoms with van der Waals surface area (Å²) in [7, 11) is 0. The van der Waals surface area contributed by atoms with E-state index in [9.17, 15) is 0 Å². The maximum Gasteiger partial charge on any atom is 0.0797 e. The molecule has 0 unspecified atom stereocenters. The first-order chi connectivity index (χ1) is 9.90. The highest BCUT2D eigenvalue weighted by molar-refractivity contribution is 5.42. The predicted molar refractivity (Wildman–Crippen MR) is 89.4 cm³/mol. The van der Waals surface area contributed by atoms with Crippen molar-refractivity contribution in [2.45, 2.75) is 71.1 Å². The average molecular weight is 286 g/mol. The van der Waals surface area contributed by atoms with Crippen molar-refractivity contribution in [2.24, 2.45) is 11.3 Å². The zero-order chi connectivity index (χ0) is 15.3. The number of rotatable bonds is 2. The third-order valence-corrected chi connectivity index (χ3v) is 6.74. The second-order valence-electron chi connectivity index (χ2n) is 8.34. The van der Waals surface area contributed by atoms with Crippen LogP contribution in [0.4, 0.5) is 0 Å². The molecule has 0 radical (unpaired) electrons. The van der Waals surface area contributed by atoms with E-state index in [1.807, 2.05) is 0 Å². The molecule has 3 atom stereocenters. The minimum atomic E-state index is 0.383. The zero-order valence-corrected chi connectivity index (χ0v) is 14.3. The second-order valence-corrected chi connectivity index (χ2v) is 8.34. The van der Waals surface area contributed by atoms with E-state index in [2.05, 4.69) is 51.6 Å². The Balaban J connectivity index is 2.05. The van der Waals surface area contributed by atoms with Crippen LogP contribution in [-0.2, 0) is 11.8 Å². The van der Waals surface area contributed by atoms with E-state index in [1.165, 1.54) is 37.7 Å². The van der Waals surface area contributed by atoms with Gasteiger partial charge in [0, 0.05) is 5.41 Å². The minimum Gasteiger partial charge on any atom is -0.357 e. The van der Waals surface area contributed by atoms with Crippen molar-refractivity contribution in [2.75, 3.05) is 6.54 Å². The van der Waals surface area contributed by atoms with Gasteiger partial charge in [0.05, 0.1) is 6.54 Å². The van der Waals surface area contributed by atoms with E-state index in [0.717, 1.165) is 12.5 Å². The summed E-state index contributed by atoms with van der Waals surface area (Å²) in [5.41, 5.74) is 9.92. The first kappa shape index (κ1) is 15.1. The van der Waals surface area contributed by atoms with E-state index < -0.39 is 0 Å². The van der Waals surface area contributed by atoms with Crippen molar-refractivity contribution in [3.63, 3.8) is 0 Å². The maximum absolute atomic E-state index is 4.30. The third kappa shape index (κ3) is 2.25. The first-order valence-corrected chi connectivity index (χ1v) is 8.83. The molecule has 0 spiro atoms. The number of hydrogen-bond acceptors (Lipinski definition) is 0. The number of fused-ring (bicyclic) bond motifs is 3. The Bertz CT molecular complexity index is 533. The topological polar surface area (TPSA) is 27.6 Å². The summed E-state index contributed by atoms with van der Waals surface area (Å²) in [6.07, 6.45) is 6.73. The lowest BCUT2D eigenvalue weighted by Gasteiger charge is -2.54. The Labute approximate surface area is 130 Å². The lowest BCUT2D eigenvalue weighted by atomic mass is 9.50. The van der Waals surface area contributed by atoms with Crippen molar-refractivity contribution in [1.29, 1.82) is 0 Å². The Morgan fingerprint density at radius 1 is 1.24 bits per heavy atom. The number of benzene rings is 1. The summed E-state index contributed by atoms with van der Waals surface area (Å²) in [4.78, 5) is 0. The standard InChI is InChI=1S/C20H31N/c1-14(2)15-6-8-17-16(12-15)7-9-18-19(3,13-21)10-5-11-20(17,18)4/h6,8,12,14,18H,5,7,9-11,13,21H2,1-4H3/p+1/t18-,19-,20-/m1/s1. The molecule has 0 aliphatic heterocycles. The summed E-state index contributed by atoms with van der Waals surface area (Å²) >= 11 is 0. The van der Waals surface area contributed by atoms with E-state index in [1.54, 1.807) is 11.1 Å². The molecule has 3 rings (SSSR count). The second kappa shape index (κ2) is 5.12. The van der Waals surface area contributed by atoms with Crippen LogP contribution in [0.3, 0.4) is 0 Å². The Kier molecular flexibility index (Phi) is 3.68. The van der Waals surface area contributed by atoms with Crippen LogP contribution < -0.4 is 5.73 Å². The molecular weight excluding hydrogens is 254 g/mol. The highest BCUT2D eigenvalue weighted by atomic mass is 14.7. The van der Waals surface area contributed by atoms with Crippen LogP contribution in [0.2, 0.25) is 0 Å². The van der Waals surface area contributed by atoms with Gasteiger partial charge in [-0.15, -0.1) is 0 Å². The monoisotopic (exact) mass is 286 g/mol. The van der Waals surface area contributed by atoms with Gasteiger partial charge in [0.2, 0.25) is 0 Å². The van der Waals surface area contributed by atoms with Crippen molar-refractivity contribution >= 4 is 0 Å². The summed E-state index contributed by atoms with van der Waals surface area (Å²) in [5.74, 6) is 1.45. The summed E-state index contributed by atoms with van der Waals surface area (Å²) in [6, 6.07) is 7.34. The quantitative estimate of drug-likeness (QED) is 0.849. The van der Waals surface area contributed by atoms with E-state index in [0.29, 0.717) is 16.7 Å². The smallest absolute Gasteiger partial charge is 0.0797 e. The van der Waals surface area contributed by atoms with Gasteiger partial charge >= 0.3 is 0 Å². The van der Waals surface area contributed by atoms with Gasteiger partial charge in [0.1, 0.15) is 0 Å². The van der Waals surface area contributed by atoms with Crippen LogP contribution in [0.1, 0.15) is 76.0 Å².